The molecule has 458 valence electrons. The van der Waals surface area contributed by atoms with E-state index in [9.17, 15) is 43.8 Å². The smallest absolute Gasteiger partial charge is 0.416 e. The third kappa shape index (κ3) is 13.9. The number of benzene rings is 5. The molecule has 5 aromatic rings. The molecular formula is C64H71N7O16. The third-order valence-corrected chi connectivity index (χ3v) is 15.5. The molecule has 7 amide bonds. The number of rotatable bonds is 22. The fraction of sp³-hybridized carbons (Fsp3) is 0.359. The fourth-order valence-corrected chi connectivity index (χ4v) is 11.0. The number of nitrogens with zero attached hydrogens (tertiary/aromatic N) is 4. The van der Waals surface area contributed by atoms with Crippen LogP contribution in [0.4, 0.5) is 31.4 Å². The first-order chi connectivity index (χ1) is 42.0. The van der Waals surface area contributed by atoms with E-state index in [4.69, 9.17) is 33.2 Å². The van der Waals surface area contributed by atoms with Crippen LogP contribution >= 0.6 is 0 Å². The number of fused-ring (bicyclic) bond motifs is 6. The largest absolute Gasteiger partial charge is 0.493 e. The Kier molecular flexibility index (Phi) is 20.0. The number of amides is 7. The van der Waals surface area contributed by atoms with E-state index in [0.29, 0.717) is 36.9 Å². The second-order valence-electron chi connectivity index (χ2n) is 21.4. The lowest BCUT2D eigenvalue weighted by molar-refractivity contribution is -0.126. The molecule has 87 heavy (non-hydrogen) atoms. The molecule has 4 aliphatic heterocycles. The highest BCUT2D eigenvalue weighted by Gasteiger charge is 2.47. The molecule has 4 aliphatic rings. The molecule has 0 saturated carbocycles. The quantitative estimate of drug-likeness (QED) is 0.0257. The van der Waals surface area contributed by atoms with Gasteiger partial charge in [0.15, 0.2) is 35.5 Å². The molecule has 5 atom stereocenters. The van der Waals surface area contributed by atoms with Gasteiger partial charge in [0.1, 0.15) is 25.9 Å². The van der Waals surface area contributed by atoms with Gasteiger partial charge in [-0.05, 0) is 90.1 Å². The van der Waals surface area contributed by atoms with Crippen LogP contribution in [0.15, 0.2) is 122 Å². The topological polar surface area (TPSA) is 274 Å². The van der Waals surface area contributed by atoms with Crippen LogP contribution in [-0.2, 0) is 56.3 Å². The van der Waals surface area contributed by atoms with Crippen molar-refractivity contribution >= 4 is 59.0 Å². The molecule has 2 unspecified atom stereocenters. The maximum absolute atomic E-state index is 14.6. The van der Waals surface area contributed by atoms with E-state index in [1.54, 1.807) is 47.9 Å². The molecule has 0 bridgehead atoms. The molecule has 23 heteroatoms. The summed E-state index contributed by atoms with van der Waals surface area (Å²) < 4.78 is 40.3. The van der Waals surface area contributed by atoms with Crippen molar-refractivity contribution in [2.24, 2.45) is 5.92 Å². The number of aliphatic hydroxyl groups is 2. The summed E-state index contributed by atoms with van der Waals surface area (Å²) in [4.78, 5) is 100. The van der Waals surface area contributed by atoms with Gasteiger partial charge in [-0.3, -0.25) is 19.2 Å². The van der Waals surface area contributed by atoms with Crippen LogP contribution < -0.4 is 44.7 Å². The van der Waals surface area contributed by atoms with E-state index >= 15 is 0 Å². The first kappa shape index (κ1) is 61.9. The normalized spacial score (nSPS) is 17.6. The third-order valence-electron chi connectivity index (χ3n) is 15.5. The van der Waals surface area contributed by atoms with Gasteiger partial charge in [-0.15, -0.1) is 0 Å². The summed E-state index contributed by atoms with van der Waals surface area (Å²) >= 11 is 0. The number of methoxy groups -OCH3 is 2. The molecule has 23 nitrogen and oxygen atoms in total. The number of carbonyl (C=O) groups excluding carboxylic acids is 7. The average Bonchev–Trinajstić information content (AvgIpc) is 2.10. The van der Waals surface area contributed by atoms with Gasteiger partial charge < -0.3 is 69.1 Å². The van der Waals surface area contributed by atoms with Crippen LogP contribution in [0.2, 0.25) is 0 Å². The van der Waals surface area contributed by atoms with Crippen molar-refractivity contribution in [1.29, 1.82) is 0 Å². The van der Waals surface area contributed by atoms with Gasteiger partial charge in [-0.25, -0.2) is 24.2 Å². The van der Waals surface area contributed by atoms with Crippen LogP contribution in [0.1, 0.15) is 81.6 Å². The summed E-state index contributed by atoms with van der Waals surface area (Å²) in [6, 6.07) is 25.0. The van der Waals surface area contributed by atoms with Crippen LogP contribution in [0, 0.1) is 5.92 Å². The number of hydrogen-bond acceptors (Lipinski definition) is 16. The second-order valence-corrected chi connectivity index (χ2v) is 21.4. The van der Waals surface area contributed by atoms with Crippen molar-refractivity contribution in [1.82, 2.24) is 20.4 Å². The number of hydrogen-bond donors (Lipinski definition) is 5. The molecule has 4 heterocycles. The van der Waals surface area contributed by atoms with E-state index in [0.717, 1.165) is 32.1 Å². The zero-order valence-electron chi connectivity index (χ0n) is 48.9. The van der Waals surface area contributed by atoms with Crippen LogP contribution in [0.3, 0.4) is 0 Å². The van der Waals surface area contributed by atoms with E-state index < -0.39 is 79.0 Å². The molecule has 0 spiro atoms. The predicted molar refractivity (Wildman–Crippen MR) is 319 cm³/mol. The lowest BCUT2D eigenvalue weighted by Crippen LogP contribution is -2.55. The first-order valence-corrected chi connectivity index (χ1v) is 28.6. The van der Waals surface area contributed by atoms with Gasteiger partial charge in [-0.1, -0.05) is 99.8 Å². The summed E-state index contributed by atoms with van der Waals surface area (Å²) in [7, 11) is 2.87. The maximum Gasteiger partial charge on any atom is 0.416 e. The molecule has 0 aliphatic carbocycles. The standard InChI is InChI=1S/C64H71N7O16/c1-7-24-85-62(78)67-56(38(3)4)57(73)65-34-55(72)66-44-22-20-39(21-23-44)37-87-64(80)71-48-33-54(52(82-6)31-46(48)59(75)69-36-43-19-13-11-17-41(43)29-50(69)61(71)77)84-27-15-9-14-26-83-53-32-47-45(30-51(53)81-5)58(74)68-35-42-18-12-10-16-40(42)28-49(68)60(76)70(47)63(79)86-25-8-2/h7-8,10-13,16-23,30-33,38,49-50,56,60-61,76-77H,1-2,9,14-15,24-29,34-37H2,3-6H3,(H,65,73)(H,66,72)(H,67,78)/t49-,50-,56-,60?,61?/m0/s1. The Hall–Kier alpha value is -9.61. The van der Waals surface area contributed by atoms with Crippen LogP contribution in [-0.4, -0.2) is 140 Å². The lowest BCUT2D eigenvalue weighted by Gasteiger charge is -2.39. The van der Waals surface area contributed by atoms with Crippen molar-refractivity contribution in [2.45, 2.75) is 96.2 Å². The van der Waals surface area contributed by atoms with Gasteiger partial charge in [0.25, 0.3) is 11.8 Å². The number of alkyl carbamates (subject to hydrolysis) is 1. The predicted octanol–water partition coefficient (Wildman–Crippen LogP) is 7.39. The summed E-state index contributed by atoms with van der Waals surface area (Å²) in [5.74, 6) is -1.42. The summed E-state index contributed by atoms with van der Waals surface area (Å²) in [6.45, 7) is 10.5. The number of ether oxygens (including phenoxy) is 7. The minimum atomic E-state index is -1.58. The molecule has 0 saturated heterocycles. The van der Waals surface area contributed by atoms with Gasteiger partial charge in [0.2, 0.25) is 11.8 Å². The van der Waals surface area contributed by atoms with E-state index in [1.807, 2.05) is 48.5 Å². The molecule has 0 radical (unpaired) electrons. The Labute approximate surface area is 503 Å². The summed E-state index contributed by atoms with van der Waals surface area (Å²) in [6.07, 6.45) is -0.747. The SMILES string of the molecule is C=CCOC(=O)N[C@H](C(=O)NCC(=O)Nc1ccc(COC(=O)N2c3cc(OCCCCCOc4cc5c(cc4OC)C(=O)N4Cc6ccccc6C[C@H]4C(O)N5C(=O)OCC=C)c(OC)cc3C(=O)N3Cc4ccccc4C[C@H]3C2O)cc1)C(C)C. The zero-order valence-corrected chi connectivity index (χ0v) is 48.9. The van der Waals surface area contributed by atoms with Crippen molar-refractivity contribution in [3.05, 3.63) is 161 Å². The Bertz CT molecular complexity index is 3410. The number of unbranched alkanes of at least 4 members (excludes halogenated alkanes) is 2. The number of aliphatic hydroxyl groups excluding tert-OH is 2. The highest BCUT2D eigenvalue weighted by atomic mass is 16.6. The van der Waals surface area contributed by atoms with Crippen LogP contribution in [0.5, 0.6) is 23.0 Å². The Balaban J connectivity index is 0.853. The van der Waals surface area contributed by atoms with Crippen LogP contribution in [0.25, 0.3) is 0 Å². The fourth-order valence-electron chi connectivity index (χ4n) is 11.0. The van der Waals surface area contributed by atoms with Crippen molar-refractivity contribution in [3.63, 3.8) is 0 Å². The Morgan fingerprint density at radius 2 is 1.11 bits per heavy atom. The highest BCUT2D eigenvalue weighted by Crippen LogP contribution is 2.44. The molecule has 5 N–H and O–H groups in total. The van der Waals surface area contributed by atoms with Gasteiger partial charge in [0, 0.05) is 30.9 Å². The molecular weight excluding hydrogens is 1120 g/mol. The first-order valence-electron chi connectivity index (χ1n) is 28.6. The van der Waals surface area contributed by atoms with E-state index in [-0.39, 0.29) is 104 Å². The minimum Gasteiger partial charge on any atom is -0.493 e. The zero-order chi connectivity index (χ0) is 61.9. The number of anilines is 3. The number of carbonyl (C=O) groups is 7. The maximum atomic E-state index is 14.6. The Morgan fingerprint density at radius 1 is 0.632 bits per heavy atom. The Morgan fingerprint density at radius 3 is 1.60 bits per heavy atom. The highest BCUT2D eigenvalue weighted by molar-refractivity contribution is 6.07. The number of nitrogens with one attached hydrogen (secondary N) is 3. The second kappa shape index (κ2) is 28.1. The van der Waals surface area contributed by atoms with Gasteiger partial charge >= 0.3 is 18.3 Å². The van der Waals surface area contributed by atoms with Gasteiger partial charge in [0.05, 0.1) is 68.6 Å². The summed E-state index contributed by atoms with van der Waals surface area (Å²) in [5.41, 5.74) is 4.91. The minimum absolute atomic E-state index is 0.0333. The van der Waals surface area contributed by atoms with E-state index in [1.165, 1.54) is 50.6 Å². The average molecular weight is 1190 g/mol. The van der Waals surface area contributed by atoms with E-state index in [2.05, 4.69) is 29.1 Å². The summed E-state index contributed by atoms with van der Waals surface area (Å²) in [5, 5.41) is 31.9. The van der Waals surface area contributed by atoms with Crippen molar-refractivity contribution < 1.29 is 76.9 Å². The van der Waals surface area contributed by atoms with Crippen molar-refractivity contribution in [2.75, 3.05) is 62.3 Å². The molecule has 0 fully saturated rings. The van der Waals surface area contributed by atoms with Crippen molar-refractivity contribution in [3.8, 4) is 23.0 Å². The lowest BCUT2D eigenvalue weighted by atomic mass is 9.93. The monoisotopic (exact) mass is 1190 g/mol. The van der Waals surface area contributed by atoms with Gasteiger partial charge in [-0.2, -0.15) is 0 Å². The molecule has 0 aromatic heterocycles. The molecule has 9 rings (SSSR count). The molecule has 5 aromatic carbocycles.